The van der Waals surface area contributed by atoms with Crippen molar-refractivity contribution in [1.82, 2.24) is 0 Å². The molecule has 0 radical (unpaired) electrons. The minimum Gasteiger partial charge on any atom is -0.371 e. The SMILES string of the molecule is Cc1cc(C)c(N2CCCC2)c(C)c1NC(=O)c1ccccc1-c1ccc(C(F)(F)F)cc1. The van der Waals surface area contributed by atoms with Crippen LogP contribution in [0.25, 0.3) is 11.1 Å². The summed E-state index contributed by atoms with van der Waals surface area (Å²) in [5, 5.41) is 3.09. The van der Waals surface area contributed by atoms with Gasteiger partial charge in [0.05, 0.1) is 5.56 Å². The van der Waals surface area contributed by atoms with Gasteiger partial charge in [-0.25, -0.2) is 0 Å². The first-order valence-corrected chi connectivity index (χ1v) is 11.1. The maximum atomic E-state index is 13.4. The van der Waals surface area contributed by atoms with Gasteiger partial charge in [-0.05, 0) is 79.6 Å². The van der Waals surface area contributed by atoms with Gasteiger partial charge in [0.25, 0.3) is 5.91 Å². The number of rotatable bonds is 4. The second-order valence-electron chi connectivity index (χ2n) is 8.63. The summed E-state index contributed by atoms with van der Waals surface area (Å²) in [5.74, 6) is -0.284. The van der Waals surface area contributed by atoms with Gasteiger partial charge in [-0.3, -0.25) is 4.79 Å². The lowest BCUT2D eigenvalue weighted by Crippen LogP contribution is -2.22. The van der Waals surface area contributed by atoms with Gasteiger partial charge in [-0.2, -0.15) is 13.2 Å². The minimum atomic E-state index is -4.40. The molecule has 0 spiro atoms. The van der Waals surface area contributed by atoms with Crippen molar-refractivity contribution >= 4 is 17.3 Å². The number of benzene rings is 3. The van der Waals surface area contributed by atoms with Crippen LogP contribution in [-0.2, 0) is 6.18 Å². The highest BCUT2D eigenvalue weighted by Gasteiger charge is 2.30. The molecule has 0 aliphatic carbocycles. The topological polar surface area (TPSA) is 32.3 Å². The average molecular weight is 453 g/mol. The number of carbonyl (C=O) groups excluding carboxylic acids is 1. The Balaban J connectivity index is 1.68. The van der Waals surface area contributed by atoms with E-state index in [1.54, 1.807) is 24.3 Å². The number of hydrogen-bond donors (Lipinski definition) is 1. The van der Waals surface area contributed by atoms with E-state index in [1.807, 2.05) is 13.8 Å². The predicted octanol–water partition coefficient (Wildman–Crippen LogP) is 7.15. The molecule has 0 bridgehead atoms. The van der Waals surface area contributed by atoms with Crippen molar-refractivity contribution < 1.29 is 18.0 Å². The van der Waals surface area contributed by atoms with E-state index in [1.165, 1.54) is 23.4 Å². The van der Waals surface area contributed by atoms with Gasteiger partial charge in [0.1, 0.15) is 0 Å². The molecule has 1 aliphatic rings. The van der Waals surface area contributed by atoms with E-state index in [9.17, 15) is 18.0 Å². The summed E-state index contributed by atoms with van der Waals surface area (Å²) in [5.41, 5.74) is 6.01. The Morgan fingerprint density at radius 3 is 2.18 bits per heavy atom. The van der Waals surface area contributed by atoms with Crippen LogP contribution in [-0.4, -0.2) is 19.0 Å². The molecule has 1 N–H and O–H groups in total. The molecule has 1 saturated heterocycles. The smallest absolute Gasteiger partial charge is 0.371 e. The zero-order chi connectivity index (χ0) is 23.8. The molecule has 0 saturated carbocycles. The molecule has 1 fully saturated rings. The molecule has 4 rings (SSSR count). The second kappa shape index (κ2) is 8.93. The van der Waals surface area contributed by atoms with Gasteiger partial charge in [-0.1, -0.05) is 36.4 Å². The molecule has 1 heterocycles. The van der Waals surface area contributed by atoms with Crippen LogP contribution < -0.4 is 10.2 Å². The van der Waals surface area contributed by atoms with Crippen LogP contribution in [0.4, 0.5) is 24.5 Å². The fourth-order valence-corrected chi connectivity index (χ4v) is 4.75. The van der Waals surface area contributed by atoms with Crippen LogP contribution in [0, 0.1) is 20.8 Å². The first-order valence-electron chi connectivity index (χ1n) is 11.1. The molecule has 0 aromatic heterocycles. The van der Waals surface area contributed by atoms with Crippen LogP contribution in [0.1, 0.15) is 45.5 Å². The average Bonchev–Trinajstić information content (AvgIpc) is 3.30. The Kier molecular flexibility index (Phi) is 6.19. The lowest BCUT2D eigenvalue weighted by atomic mass is 9.97. The summed E-state index contributed by atoms with van der Waals surface area (Å²) in [6, 6.07) is 14.0. The van der Waals surface area contributed by atoms with E-state index in [0.717, 1.165) is 54.9 Å². The van der Waals surface area contributed by atoms with E-state index in [0.29, 0.717) is 16.7 Å². The lowest BCUT2D eigenvalue weighted by molar-refractivity contribution is -0.137. The highest BCUT2D eigenvalue weighted by molar-refractivity contribution is 6.09. The number of alkyl halides is 3. The predicted molar refractivity (Wildman–Crippen MR) is 127 cm³/mol. The Hall–Kier alpha value is -3.28. The van der Waals surface area contributed by atoms with Crippen LogP contribution >= 0.6 is 0 Å². The third-order valence-electron chi connectivity index (χ3n) is 6.29. The van der Waals surface area contributed by atoms with E-state index in [4.69, 9.17) is 0 Å². The number of amides is 1. The Bertz CT molecular complexity index is 1180. The van der Waals surface area contributed by atoms with Gasteiger partial charge in [-0.15, -0.1) is 0 Å². The molecule has 6 heteroatoms. The summed E-state index contributed by atoms with van der Waals surface area (Å²) in [4.78, 5) is 15.7. The molecule has 3 aromatic rings. The second-order valence-corrected chi connectivity index (χ2v) is 8.63. The summed E-state index contributed by atoms with van der Waals surface area (Å²) in [6.07, 6.45) is -2.08. The van der Waals surface area contributed by atoms with E-state index in [2.05, 4.69) is 23.2 Å². The van der Waals surface area contributed by atoms with Crippen molar-refractivity contribution in [3.05, 3.63) is 82.4 Å². The first kappa shape index (κ1) is 22.9. The fourth-order valence-electron chi connectivity index (χ4n) is 4.75. The maximum absolute atomic E-state index is 13.4. The number of nitrogens with zero attached hydrogens (tertiary/aromatic N) is 1. The molecule has 33 heavy (non-hydrogen) atoms. The number of anilines is 2. The summed E-state index contributed by atoms with van der Waals surface area (Å²) in [6.45, 7) is 8.12. The molecule has 3 aromatic carbocycles. The monoisotopic (exact) mass is 452 g/mol. The van der Waals surface area contributed by atoms with Crippen LogP contribution in [0.2, 0.25) is 0 Å². The quantitative estimate of drug-likeness (QED) is 0.456. The molecule has 3 nitrogen and oxygen atoms in total. The molecule has 172 valence electrons. The molecular weight excluding hydrogens is 425 g/mol. The van der Waals surface area contributed by atoms with E-state index < -0.39 is 11.7 Å². The number of carbonyl (C=O) groups is 1. The van der Waals surface area contributed by atoms with E-state index in [-0.39, 0.29) is 5.91 Å². The highest BCUT2D eigenvalue weighted by Crippen LogP contribution is 2.36. The Morgan fingerprint density at radius 1 is 0.909 bits per heavy atom. The summed E-state index contributed by atoms with van der Waals surface area (Å²) in [7, 11) is 0. The van der Waals surface area contributed by atoms with Gasteiger partial charge in [0.15, 0.2) is 0 Å². The highest BCUT2D eigenvalue weighted by atomic mass is 19.4. The molecule has 0 unspecified atom stereocenters. The van der Waals surface area contributed by atoms with Crippen molar-refractivity contribution in [3.8, 4) is 11.1 Å². The minimum absolute atomic E-state index is 0.284. The standard InChI is InChI=1S/C27H27F3N2O/c1-17-16-18(2)25(32-14-6-7-15-32)19(3)24(17)31-26(33)23-9-5-4-8-22(23)20-10-12-21(13-11-20)27(28,29)30/h4-5,8-13,16H,6-7,14-15H2,1-3H3,(H,31,33). The summed E-state index contributed by atoms with van der Waals surface area (Å²) < 4.78 is 38.9. The van der Waals surface area contributed by atoms with Crippen LogP contribution in [0.5, 0.6) is 0 Å². The first-order chi connectivity index (χ1) is 15.7. The number of halogens is 3. The van der Waals surface area contributed by atoms with Gasteiger partial charge >= 0.3 is 6.18 Å². The number of hydrogen-bond acceptors (Lipinski definition) is 2. The Labute approximate surface area is 192 Å². The molecule has 0 atom stereocenters. The fraction of sp³-hybridized carbons (Fsp3) is 0.296. The normalized spacial score (nSPS) is 13.9. The van der Waals surface area contributed by atoms with Gasteiger partial charge in [0.2, 0.25) is 0 Å². The maximum Gasteiger partial charge on any atom is 0.416 e. The lowest BCUT2D eigenvalue weighted by Gasteiger charge is -2.26. The van der Waals surface area contributed by atoms with Crippen molar-refractivity contribution in [3.63, 3.8) is 0 Å². The van der Waals surface area contributed by atoms with E-state index >= 15 is 0 Å². The van der Waals surface area contributed by atoms with Crippen molar-refractivity contribution in [2.24, 2.45) is 0 Å². The van der Waals surface area contributed by atoms with Crippen LogP contribution in [0.15, 0.2) is 54.6 Å². The molecule has 1 amide bonds. The van der Waals surface area contributed by atoms with Gasteiger partial charge < -0.3 is 10.2 Å². The van der Waals surface area contributed by atoms with Crippen molar-refractivity contribution in [1.29, 1.82) is 0 Å². The third-order valence-corrected chi connectivity index (χ3v) is 6.29. The summed E-state index contributed by atoms with van der Waals surface area (Å²) >= 11 is 0. The molecule has 1 aliphatic heterocycles. The van der Waals surface area contributed by atoms with Crippen molar-refractivity contribution in [2.75, 3.05) is 23.3 Å². The van der Waals surface area contributed by atoms with Crippen molar-refractivity contribution in [2.45, 2.75) is 39.8 Å². The van der Waals surface area contributed by atoms with Gasteiger partial charge in [0, 0.05) is 30.0 Å². The zero-order valence-electron chi connectivity index (χ0n) is 19.0. The number of aryl methyl sites for hydroxylation is 2. The van der Waals surface area contributed by atoms with Crippen LogP contribution in [0.3, 0.4) is 0 Å². The largest absolute Gasteiger partial charge is 0.416 e. The zero-order valence-corrected chi connectivity index (χ0v) is 19.0. The molecular formula is C27H27F3N2O. The third kappa shape index (κ3) is 4.61. The Morgan fingerprint density at radius 2 is 1.55 bits per heavy atom. The number of nitrogens with one attached hydrogen (secondary N) is 1.